The molecule has 0 aromatic carbocycles. The summed E-state index contributed by atoms with van der Waals surface area (Å²) >= 11 is 0. The zero-order valence-electron chi connectivity index (χ0n) is 9.92. The van der Waals surface area contributed by atoms with Crippen molar-refractivity contribution in [1.29, 1.82) is 0 Å². The molecule has 0 rings (SSSR count). The van der Waals surface area contributed by atoms with Gasteiger partial charge < -0.3 is 10.5 Å². The number of amides is 1. The molecule has 0 aliphatic carbocycles. The van der Waals surface area contributed by atoms with E-state index in [2.05, 4.69) is 6.92 Å². The smallest absolute Gasteiger partial charge is 0.244 e. The Hall–Kier alpha value is -0.830. The molecule has 0 saturated heterocycles. The van der Waals surface area contributed by atoms with E-state index in [9.17, 15) is 4.79 Å². The molecule has 15 heavy (non-hydrogen) atoms. The Morgan fingerprint density at radius 2 is 1.93 bits per heavy atom. The number of ether oxygens (including phenoxy) is 1. The fourth-order valence-electron chi connectivity index (χ4n) is 1.18. The first kappa shape index (κ1) is 14.2. The van der Waals surface area contributed by atoms with Gasteiger partial charge in [0.15, 0.2) is 0 Å². The average molecular weight is 213 g/mol. The molecule has 0 aromatic heterocycles. The standard InChI is InChI=1S/C12H23NO2/c1-3-4-5-6-7-9-15-10-8-11(2)12(13)14/h8H,3-7,9-10H2,1-2H3,(H2,13,14). The monoisotopic (exact) mass is 213 g/mol. The van der Waals surface area contributed by atoms with Crippen LogP contribution in [0.25, 0.3) is 0 Å². The van der Waals surface area contributed by atoms with Crippen molar-refractivity contribution in [3.05, 3.63) is 11.6 Å². The van der Waals surface area contributed by atoms with E-state index in [1.54, 1.807) is 13.0 Å². The second-order valence-electron chi connectivity index (χ2n) is 3.74. The Balaban J connectivity index is 3.25. The van der Waals surface area contributed by atoms with Gasteiger partial charge in [0.25, 0.3) is 0 Å². The third-order valence-electron chi connectivity index (χ3n) is 2.29. The number of carbonyl (C=O) groups excluding carboxylic acids is 1. The minimum absolute atomic E-state index is 0.374. The molecule has 88 valence electrons. The second kappa shape index (κ2) is 9.71. The first-order valence-electron chi connectivity index (χ1n) is 5.72. The summed E-state index contributed by atoms with van der Waals surface area (Å²) in [5.41, 5.74) is 5.64. The van der Waals surface area contributed by atoms with Gasteiger partial charge in [0, 0.05) is 12.2 Å². The maximum absolute atomic E-state index is 10.6. The van der Waals surface area contributed by atoms with Crippen LogP contribution in [0.15, 0.2) is 11.6 Å². The lowest BCUT2D eigenvalue weighted by atomic mass is 10.2. The van der Waals surface area contributed by atoms with Crippen molar-refractivity contribution < 1.29 is 9.53 Å². The average Bonchev–Trinajstić information content (AvgIpc) is 2.21. The van der Waals surface area contributed by atoms with Crippen LogP contribution in [0.5, 0.6) is 0 Å². The van der Waals surface area contributed by atoms with E-state index in [-0.39, 0.29) is 5.91 Å². The summed E-state index contributed by atoms with van der Waals surface area (Å²) in [6.45, 7) is 5.16. The van der Waals surface area contributed by atoms with Gasteiger partial charge in [-0.2, -0.15) is 0 Å². The molecular weight excluding hydrogens is 190 g/mol. The zero-order chi connectivity index (χ0) is 11.5. The highest BCUT2D eigenvalue weighted by molar-refractivity contribution is 5.91. The Labute approximate surface area is 92.7 Å². The van der Waals surface area contributed by atoms with Crippen LogP contribution in [0.2, 0.25) is 0 Å². The van der Waals surface area contributed by atoms with E-state index < -0.39 is 0 Å². The molecule has 0 saturated carbocycles. The Bertz CT molecular complexity index is 200. The van der Waals surface area contributed by atoms with Crippen LogP contribution < -0.4 is 5.73 Å². The first-order valence-corrected chi connectivity index (χ1v) is 5.72. The zero-order valence-corrected chi connectivity index (χ0v) is 9.92. The number of rotatable bonds is 9. The molecule has 3 nitrogen and oxygen atoms in total. The minimum atomic E-state index is -0.374. The number of unbranched alkanes of at least 4 members (excludes halogenated alkanes) is 4. The van der Waals surface area contributed by atoms with Gasteiger partial charge in [0.2, 0.25) is 5.91 Å². The van der Waals surface area contributed by atoms with Gasteiger partial charge in [0.05, 0.1) is 6.61 Å². The lowest BCUT2D eigenvalue weighted by molar-refractivity contribution is -0.114. The van der Waals surface area contributed by atoms with Crippen LogP contribution in [-0.2, 0) is 9.53 Å². The molecule has 0 spiro atoms. The molecule has 0 aliphatic rings. The molecule has 3 heteroatoms. The molecule has 2 N–H and O–H groups in total. The topological polar surface area (TPSA) is 52.3 Å². The molecule has 0 aromatic rings. The van der Waals surface area contributed by atoms with Gasteiger partial charge in [-0.1, -0.05) is 38.7 Å². The van der Waals surface area contributed by atoms with Crippen LogP contribution in [0, 0.1) is 0 Å². The predicted octanol–water partition coefficient (Wildman–Crippen LogP) is 2.41. The second-order valence-corrected chi connectivity index (χ2v) is 3.74. The van der Waals surface area contributed by atoms with E-state index >= 15 is 0 Å². The summed E-state index contributed by atoms with van der Waals surface area (Å²) in [7, 11) is 0. The van der Waals surface area contributed by atoms with Crippen molar-refractivity contribution in [1.82, 2.24) is 0 Å². The molecule has 0 unspecified atom stereocenters. The third-order valence-corrected chi connectivity index (χ3v) is 2.29. The number of hydrogen-bond acceptors (Lipinski definition) is 2. The van der Waals surface area contributed by atoms with Crippen molar-refractivity contribution in [2.24, 2.45) is 5.73 Å². The van der Waals surface area contributed by atoms with Crippen LogP contribution >= 0.6 is 0 Å². The van der Waals surface area contributed by atoms with Gasteiger partial charge >= 0.3 is 0 Å². The SMILES string of the molecule is CCCCCCCOCC=C(C)C(N)=O. The van der Waals surface area contributed by atoms with Crippen molar-refractivity contribution in [2.75, 3.05) is 13.2 Å². The molecule has 0 aliphatic heterocycles. The first-order chi connectivity index (χ1) is 7.18. The molecule has 0 atom stereocenters. The van der Waals surface area contributed by atoms with Crippen molar-refractivity contribution in [3.63, 3.8) is 0 Å². The highest BCUT2D eigenvalue weighted by Gasteiger charge is 1.95. The van der Waals surface area contributed by atoms with Crippen LogP contribution in [-0.4, -0.2) is 19.1 Å². The lowest BCUT2D eigenvalue weighted by Gasteiger charge is -2.01. The third kappa shape index (κ3) is 9.47. The highest BCUT2D eigenvalue weighted by atomic mass is 16.5. The Morgan fingerprint density at radius 1 is 1.27 bits per heavy atom. The summed E-state index contributed by atoms with van der Waals surface area (Å²) in [4.78, 5) is 10.6. The van der Waals surface area contributed by atoms with Gasteiger partial charge in [-0.15, -0.1) is 0 Å². The van der Waals surface area contributed by atoms with E-state index in [4.69, 9.17) is 10.5 Å². The van der Waals surface area contributed by atoms with Crippen molar-refractivity contribution >= 4 is 5.91 Å². The van der Waals surface area contributed by atoms with Crippen LogP contribution in [0.1, 0.15) is 46.0 Å². The van der Waals surface area contributed by atoms with Gasteiger partial charge in [0.1, 0.15) is 0 Å². The molecule has 0 radical (unpaired) electrons. The van der Waals surface area contributed by atoms with Crippen molar-refractivity contribution in [3.8, 4) is 0 Å². The summed E-state index contributed by atoms with van der Waals surface area (Å²) in [6.07, 6.45) is 7.92. The lowest BCUT2D eigenvalue weighted by Crippen LogP contribution is -2.12. The summed E-state index contributed by atoms with van der Waals surface area (Å²) in [5.74, 6) is -0.374. The Morgan fingerprint density at radius 3 is 2.53 bits per heavy atom. The maximum atomic E-state index is 10.6. The molecule has 0 fully saturated rings. The number of carbonyl (C=O) groups is 1. The van der Waals surface area contributed by atoms with E-state index in [1.807, 2.05) is 0 Å². The number of primary amides is 1. The molecular formula is C12H23NO2. The molecule has 0 heterocycles. The Kier molecular flexibility index (Phi) is 9.18. The van der Waals surface area contributed by atoms with Crippen LogP contribution in [0.4, 0.5) is 0 Å². The van der Waals surface area contributed by atoms with Gasteiger partial charge in [-0.25, -0.2) is 0 Å². The maximum Gasteiger partial charge on any atom is 0.244 e. The summed E-state index contributed by atoms with van der Waals surface area (Å²) in [5, 5.41) is 0. The van der Waals surface area contributed by atoms with Crippen LogP contribution in [0.3, 0.4) is 0 Å². The minimum Gasteiger partial charge on any atom is -0.377 e. The normalized spacial score (nSPS) is 11.7. The summed E-state index contributed by atoms with van der Waals surface area (Å²) < 4.78 is 5.35. The summed E-state index contributed by atoms with van der Waals surface area (Å²) in [6, 6.07) is 0. The molecule has 0 bridgehead atoms. The fourth-order valence-corrected chi connectivity index (χ4v) is 1.18. The van der Waals surface area contributed by atoms with E-state index in [0.29, 0.717) is 12.2 Å². The predicted molar refractivity (Wildman–Crippen MR) is 62.5 cm³/mol. The van der Waals surface area contributed by atoms with Gasteiger partial charge in [-0.05, 0) is 13.3 Å². The van der Waals surface area contributed by atoms with Gasteiger partial charge in [-0.3, -0.25) is 4.79 Å². The molecule has 1 amide bonds. The quantitative estimate of drug-likeness (QED) is 0.472. The number of nitrogens with two attached hydrogens (primary N) is 1. The van der Waals surface area contributed by atoms with Crippen molar-refractivity contribution in [2.45, 2.75) is 46.0 Å². The number of hydrogen-bond donors (Lipinski definition) is 1. The fraction of sp³-hybridized carbons (Fsp3) is 0.750. The van der Waals surface area contributed by atoms with E-state index in [1.165, 1.54) is 25.7 Å². The largest absolute Gasteiger partial charge is 0.377 e. The van der Waals surface area contributed by atoms with E-state index in [0.717, 1.165) is 13.0 Å². The highest BCUT2D eigenvalue weighted by Crippen LogP contribution is 2.02.